The molecular weight excluding hydrogens is 396 g/mol. The summed E-state index contributed by atoms with van der Waals surface area (Å²) in [5, 5.41) is 11.0. The summed E-state index contributed by atoms with van der Waals surface area (Å²) in [5.74, 6) is 2.85. The summed E-state index contributed by atoms with van der Waals surface area (Å²) < 4.78 is 7.51. The third kappa shape index (κ3) is 3.48. The van der Waals surface area contributed by atoms with Gasteiger partial charge in [0.05, 0.1) is 11.3 Å². The highest BCUT2D eigenvalue weighted by Gasteiger charge is 2.36. The van der Waals surface area contributed by atoms with Crippen LogP contribution >= 0.6 is 12.2 Å². The second-order valence-corrected chi connectivity index (χ2v) is 8.44. The largest absolute Gasteiger partial charge is 0.494 e. The molecule has 1 heterocycles. The maximum Gasteiger partial charge on any atom is 0.258 e. The van der Waals surface area contributed by atoms with Gasteiger partial charge < -0.3 is 9.84 Å². The van der Waals surface area contributed by atoms with Gasteiger partial charge in [-0.15, -0.1) is 0 Å². The maximum absolute atomic E-state index is 12.6. The number of aromatic hydroxyl groups is 1. The second kappa shape index (κ2) is 7.61. The monoisotopic (exact) mass is 418 g/mol. The summed E-state index contributed by atoms with van der Waals surface area (Å²) in [6.07, 6.45) is 7.31. The number of allylic oxidation sites excluding steroid dienone is 2. The summed E-state index contributed by atoms with van der Waals surface area (Å²) in [4.78, 5) is 15.3. The number of nitrogens with one attached hydrogen (secondary N) is 1. The predicted molar refractivity (Wildman–Crippen MR) is 118 cm³/mol. The highest BCUT2D eigenvalue weighted by Crippen LogP contribution is 2.45. The standard InChI is InChI=1S/C24H22N2O3S/c27-22-21(14-17-13-15-6-7-16(17)12-15)23(28)26(24(30)25-22)18-8-10-20(11-9-18)29-19-4-2-1-3-5-19/h1-11,15-17,28H,12-14H2,(H,25,27,30). The lowest BCUT2D eigenvalue weighted by atomic mass is 9.88. The van der Waals surface area contributed by atoms with Crippen molar-refractivity contribution in [3.63, 3.8) is 0 Å². The van der Waals surface area contributed by atoms with Crippen LogP contribution in [0.15, 0.2) is 71.5 Å². The van der Waals surface area contributed by atoms with Crippen molar-refractivity contribution in [2.24, 2.45) is 17.8 Å². The number of rotatable bonds is 5. The molecule has 0 amide bonds. The smallest absolute Gasteiger partial charge is 0.258 e. The van der Waals surface area contributed by atoms with Gasteiger partial charge in [-0.1, -0.05) is 30.4 Å². The summed E-state index contributed by atoms with van der Waals surface area (Å²) in [7, 11) is 0. The van der Waals surface area contributed by atoms with Crippen LogP contribution in [0.5, 0.6) is 17.4 Å². The average molecular weight is 419 g/mol. The van der Waals surface area contributed by atoms with Gasteiger partial charge in [-0.25, -0.2) is 0 Å². The van der Waals surface area contributed by atoms with Gasteiger partial charge in [0, 0.05) is 0 Å². The number of ether oxygens (including phenoxy) is 1. The Morgan fingerprint density at radius 1 is 1.03 bits per heavy atom. The van der Waals surface area contributed by atoms with E-state index in [0.717, 1.165) is 18.6 Å². The molecule has 0 aliphatic heterocycles. The maximum atomic E-state index is 12.6. The first-order valence-corrected chi connectivity index (χ1v) is 10.6. The lowest BCUT2D eigenvalue weighted by Gasteiger charge is -2.19. The number of H-pyrrole nitrogens is 1. The average Bonchev–Trinajstić information content (AvgIpc) is 3.36. The minimum atomic E-state index is -0.301. The van der Waals surface area contributed by atoms with Crippen LogP contribution in [0.4, 0.5) is 0 Å². The fourth-order valence-electron chi connectivity index (χ4n) is 4.66. The molecule has 6 heteroatoms. The highest BCUT2D eigenvalue weighted by molar-refractivity contribution is 7.71. The van der Waals surface area contributed by atoms with Crippen LogP contribution < -0.4 is 10.3 Å². The zero-order valence-corrected chi connectivity index (χ0v) is 17.1. The first kappa shape index (κ1) is 18.9. The molecule has 1 aromatic heterocycles. The van der Waals surface area contributed by atoms with Gasteiger partial charge >= 0.3 is 0 Å². The summed E-state index contributed by atoms with van der Waals surface area (Å²) >= 11 is 5.35. The van der Waals surface area contributed by atoms with E-state index in [-0.39, 0.29) is 16.2 Å². The molecule has 30 heavy (non-hydrogen) atoms. The van der Waals surface area contributed by atoms with Crippen molar-refractivity contribution in [3.8, 4) is 23.1 Å². The Balaban J connectivity index is 1.44. The zero-order chi connectivity index (χ0) is 20.7. The minimum Gasteiger partial charge on any atom is -0.494 e. The predicted octanol–water partition coefficient (Wildman–Crippen LogP) is 5.15. The van der Waals surface area contributed by atoms with Crippen LogP contribution in [-0.2, 0) is 6.42 Å². The second-order valence-electron chi connectivity index (χ2n) is 8.05. The molecule has 2 aromatic carbocycles. The van der Waals surface area contributed by atoms with Crippen LogP contribution in [0.3, 0.4) is 0 Å². The molecule has 0 spiro atoms. The van der Waals surface area contributed by atoms with Crippen molar-refractivity contribution in [2.75, 3.05) is 0 Å². The van der Waals surface area contributed by atoms with Gasteiger partial charge in [0.15, 0.2) is 4.77 Å². The molecule has 2 bridgehead atoms. The normalized spacial score (nSPS) is 21.8. The molecule has 5 nitrogen and oxygen atoms in total. The van der Waals surface area contributed by atoms with E-state index in [4.69, 9.17) is 17.0 Å². The number of hydrogen-bond acceptors (Lipinski definition) is 4. The van der Waals surface area contributed by atoms with Crippen molar-refractivity contribution in [3.05, 3.63) is 87.4 Å². The van der Waals surface area contributed by atoms with E-state index in [0.29, 0.717) is 41.2 Å². The van der Waals surface area contributed by atoms with Gasteiger partial charge in [0.2, 0.25) is 5.88 Å². The van der Waals surface area contributed by atoms with E-state index >= 15 is 0 Å². The van der Waals surface area contributed by atoms with Crippen LogP contribution in [0.1, 0.15) is 18.4 Å². The molecule has 152 valence electrons. The van der Waals surface area contributed by atoms with E-state index in [1.54, 1.807) is 0 Å². The molecule has 0 radical (unpaired) electrons. The molecular formula is C24H22N2O3S. The molecule has 3 atom stereocenters. The lowest BCUT2D eigenvalue weighted by Crippen LogP contribution is -2.22. The minimum absolute atomic E-state index is 0.0766. The molecule has 3 unspecified atom stereocenters. The van der Waals surface area contributed by atoms with Crippen LogP contribution in [-0.4, -0.2) is 14.7 Å². The summed E-state index contributed by atoms with van der Waals surface area (Å²) in [6.45, 7) is 0. The Morgan fingerprint density at radius 2 is 1.77 bits per heavy atom. The van der Waals surface area contributed by atoms with Crippen molar-refractivity contribution >= 4 is 12.2 Å². The van der Waals surface area contributed by atoms with Gasteiger partial charge in [-0.05, 0) is 85.6 Å². The lowest BCUT2D eigenvalue weighted by molar-refractivity contribution is 0.398. The van der Waals surface area contributed by atoms with Crippen LogP contribution in [0.2, 0.25) is 0 Å². The number of nitrogens with zero attached hydrogens (tertiary/aromatic N) is 1. The summed E-state index contributed by atoms with van der Waals surface area (Å²) in [6, 6.07) is 16.8. The van der Waals surface area contributed by atoms with E-state index in [9.17, 15) is 9.90 Å². The third-order valence-corrected chi connectivity index (χ3v) is 6.42. The molecule has 1 fully saturated rings. The van der Waals surface area contributed by atoms with E-state index in [2.05, 4.69) is 17.1 Å². The number of aromatic amines is 1. The Hall–Kier alpha value is -3.12. The number of benzene rings is 2. The molecule has 2 N–H and O–H groups in total. The van der Waals surface area contributed by atoms with Gasteiger partial charge in [0.25, 0.3) is 5.56 Å². The fraction of sp³-hybridized carbons (Fsp3) is 0.250. The number of fused-ring (bicyclic) bond motifs is 2. The molecule has 2 aliphatic rings. The van der Waals surface area contributed by atoms with E-state index in [1.807, 2.05) is 54.6 Å². The molecule has 0 saturated heterocycles. The van der Waals surface area contributed by atoms with E-state index < -0.39 is 0 Å². The van der Waals surface area contributed by atoms with Crippen LogP contribution in [0.25, 0.3) is 5.69 Å². The molecule has 2 aliphatic carbocycles. The third-order valence-electron chi connectivity index (χ3n) is 6.14. The van der Waals surface area contributed by atoms with Gasteiger partial charge in [-0.3, -0.25) is 14.3 Å². The fourth-order valence-corrected chi connectivity index (χ4v) is 4.95. The van der Waals surface area contributed by atoms with Crippen molar-refractivity contribution < 1.29 is 9.84 Å². The number of aromatic nitrogens is 2. The molecule has 3 aromatic rings. The first-order chi connectivity index (χ1) is 14.6. The molecule has 1 saturated carbocycles. The summed E-state index contributed by atoms with van der Waals surface area (Å²) in [5.41, 5.74) is 0.770. The topological polar surface area (TPSA) is 67.2 Å². The number of hydrogen-bond donors (Lipinski definition) is 2. The SMILES string of the molecule is O=c1[nH]c(=S)n(-c2ccc(Oc3ccccc3)cc2)c(O)c1CC1CC2C=CC1C2. The molecule has 5 rings (SSSR count). The van der Waals surface area contributed by atoms with Crippen LogP contribution in [0, 0.1) is 22.5 Å². The Morgan fingerprint density at radius 3 is 2.43 bits per heavy atom. The Labute approximate surface area is 179 Å². The van der Waals surface area contributed by atoms with Crippen molar-refractivity contribution in [2.45, 2.75) is 19.3 Å². The number of para-hydroxylation sites is 1. The van der Waals surface area contributed by atoms with E-state index in [1.165, 1.54) is 4.57 Å². The van der Waals surface area contributed by atoms with Gasteiger partial charge in [-0.2, -0.15) is 0 Å². The zero-order valence-electron chi connectivity index (χ0n) is 16.3. The highest BCUT2D eigenvalue weighted by atomic mass is 32.1. The van der Waals surface area contributed by atoms with Gasteiger partial charge in [0.1, 0.15) is 11.5 Å². The first-order valence-electron chi connectivity index (χ1n) is 10.2. The van der Waals surface area contributed by atoms with Crippen molar-refractivity contribution in [1.29, 1.82) is 0 Å². The van der Waals surface area contributed by atoms with Crippen molar-refractivity contribution in [1.82, 2.24) is 9.55 Å². The Bertz CT molecular complexity index is 1210. The Kier molecular flexibility index (Phi) is 4.79. The quantitative estimate of drug-likeness (QED) is 0.444.